The van der Waals surface area contributed by atoms with Crippen molar-refractivity contribution in [3.63, 3.8) is 0 Å². The van der Waals surface area contributed by atoms with Crippen LogP contribution < -0.4 is 0 Å². The van der Waals surface area contributed by atoms with Crippen LogP contribution in [0.1, 0.15) is 40.0 Å². The van der Waals surface area contributed by atoms with Crippen molar-refractivity contribution in [1.29, 1.82) is 0 Å². The van der Waals surface area contributed by atoms with Gasteiger partial charge in [0.2, 0.25) is 0 Å². The van der Waals surface area contributed by atoms with Crippen LogP contribution in [0.4, 0.5) is 0 Å². The molecule has 0 heterocycles. The summed E-state index contributed by atoms with van der Waals surface area (Å²) in [6, 6.07) is 0. The first-order chi connectivity index (χ1) is 6.90. The van der Waals surface area contributed by atoms with Gasteiger partial charge in [-0.25, -0.2) is 0 Å². The van der Waals surface area contributed by atoms with Gasteiger partial charge >= 0.3 is 1.43 Å². The Balaban J connectivity index is 0.000000648. The van der Waals surface area contributed by atoms with Crippen LogP contribution in [0.3, 0.4) is 0 Å². The normalized spacial score (nSPS) is 72.0. The maximum Gasteiger partial charge on any atom is 1.00 e. The second kappa shape index (κ2) is 2.08. The Hall–Kier alpha value is 0. The molecule has 0 N–H and O–H groups in total. The van der Waals surface area contributed by atoms with Crippen molar-refractivity contribution in [2.24, 2.45) is 47.3 Å². The number of rotatable bonds is 0. The molecule has 0 unspecified atom stereocenters. The molecule has 0 aromatic carbocycles. The molecule has 7 aliphatic carbocycles. The Morgan fingerprint density at radius 3 is 0.857 bits per heavy atom. The minimum Gasteiger partial charge on any atom is -0.0470 e. The average Bonchev–Trinajstić information content (AvgIpc) is 2.24. The standard InChI is InChI=1S/C14H20/c1-7-2-12-10-4-8-5-11(9(1)10)13(3-7)14(12)6-8/h7-14H,1-6H2/p+1. The van der Waals surface area contributed by atoms with Crippen LogP contribution >= 0.6 is 0 Å². The maximum absolute atomic E-state index is 1.65. The topological polar surface area (TPSA) is 0 Å². The quantitative estimate of drug-likeness (QED) is 0.547. The molecule has 0 aromatic heterocycles. The van der Waals surface area contributed by atoms with Crippen molar-refractivity contribution in [3.05, 3.63) is 0 Å². The molecule has 0 spiro atoms. The van der Waals surface area contributed by atoms with Crippen molar-refractivity contribution >= 4 is 0 Å². The molecule has 8 bridgehead atoms. The third-order valence-corrected chi connectivity index (χ3v) is 6.93. The SMILES string of the molecule is C1C2CC3C4CC5CC(C14)C(C2)C3C5.[H+]. The Morgan fingerprint density at radius 2 is 0.643 bits per heavy atom. The highest BCUT2D eigenvalue weighted by molar-refractivity contribution is 5.12. The van der Waals surface area contributed by atoms with Crippen molar-refractivity contribution < 1.29 is 1.43 Å². The lowest BCUT2D eigenvalue weighted by Gasteiger charge is -2.69. The second-order valence-electron chi connectivity index (χ2n) is 7.13. The Morgan fingerprint density at radius 1 is 0.429 bits per heavy atom. The maximum atomic E-state index is 1.65. The van der Waals surface area contributed by atoms with Crippen molar-refractivity contribution in [2.75, 3.05) is 0 Å². The third kappa shape index (κ3) is 0.630. The van der Waals surface area contributed by atoms with E-state index in [9.17, 15) is 0 Å². The van der Waals surface area contributed by atoms with E-state index in [0.29, 0.717) is 0 Å². The zero-order valence-electron chi connectivity index (χ0n) is 9.86. The summed E-state index contributed by atoms with van der Waals surface area (Å²) in [5.41, 5.74) is 0. The van der Waals surface area contributed by atoms with Gasteiger partial charge in [0.05, 0.1) is 0 Å². The molecule has 7 rings (SSSR count). The number of hydrogen-bond donors (Lipinski definition) is 0. The van der Waals surface area contributed by atoms with Gasteiger partial charge in [0.25, 0.3) is 0 Å². The zero-order valence-corrected chi connectivity index (χ0v) is 8.86. The van der Waals surface area contributed by atoms with E-state index in [1.165, 1.54) is 47.3 Å². The van der Waals surface area contributed by atoms with E-state index in [2.05, 4.69) is 0 Å². The predicted octanol–water partition coefficient (Wildman–Crippen LogP) is 3.44. The number of hydrogen-bond acceptors (Lipinski definition) is 0. The highest BCUT2D eigenvalue weighted by Crippen LogP contribution is 2.71. The Kier molecular flexibility index (Phi) is 1.08. The molecular weight excluding hydrogens is 168 g/mol. The first-order valence-electron chi connectivity index (χ1n) is 6.90. The zero-order chi connectivity index (χ0) is 8.86. The molecule has 7 saturated carbocycles. The lowest BCUT2D eigenvalue weighted by Crippen LogP contribution is -2.62. The van der Waals surface area contributed by atoms with Gasteiger partial charge in [-0.2, -0.15) is 0 Å². The first kappa shape index (κ1) is 7.30. The van der Waals surface area contributed by atoms with Gasteiger partial charge in [0, 0.05) is 0 Å². The highest BCUT2D eigenvalue weighted by Gasteiger charge is 2.63. The Bertz CT molecular complexity index is 210. The minimum absolute atomic E-state index is 0. The molecule has 0 amide bonds. The van der Waals surface area contributed by atoms with Gasteiger partial charge in [-0.1, -0.05) is 0 Å². The van der Waals surface area contributed by atoms with Crippen LogP contribution in [0, 0.1) is 47.3 Å². The molecule has 0 saturated heterocycles. The summed E-state index contributed by atoms with van der Waals surface area (Å²) in [7, 11) is 0. The first-order valence-corrected chi connectivity index (χ1v) is 6.90. The van der Waals surface area contributed by atoms with Crippen LogP contribution in [-0.4, -0.2) is 0 Å². The van der Waals surface area contributed by atoms with E-state index >= 15 is 0 Å². The van der Waals surface area contributed by atoms with Crippen molar-refractivity contribution in [2.45, 2.75) is 38.5 Å². The van der Waals surface area contributed by atoms with Crippen LogP contribution in [0.2, 0.25) is 0 Å². The van der Waals surface area contributed by atoms with E-state index in [1.54, 1.807) is 38.5 Å². The van der Waals surface area contributed by atoms with E-state index in [4.69, 9.17) is 0 Å². The van der Waals surface area contributed by atoms with Crippen molar-refractivity contribution in [3.8, 4) is 0 Å². The smallest absolute Gasteiger partial charge is 0.0470 e. The van der Waals surface area contributed by atoms with Gasteiger partial charge in [-0.05, 0) is 85.9 Å². The van der Waals surface area contributed by atoms with Gasteiger partial charge in [-0.15, -0.1) is 0 Å². The predicted molar refractivity (Wildman–Crippen MR) is 56.7 cm³/mol. The summed E-state index contributed by atoms with van der Waals surface area (Å²) in [6.07, 6.45) is 9.93. The van der Waals surface area contributed by atoms with Crippen LogP contribution in [0.5, 0.6) is 0 Å². The van der Waals surface area contributed by atoms with Gasteiger partial charge in [0.1, 0.15) is 0 Å². The fourth-order valence-corrected chi connectivity index (χ4v) is 6.89. The molecule has 0 atom stereocenters. The lowest BCUT2D eigenvalue weighted by molar-refractivity contribution is -0.202. The fraction of sp³-hybridized carbons (Fsp3) is 1.00. The molecule has 0 heteroatoms. The molecule has 7 aliphatic rings. The van der Waals surface area contributed by atoms with E-state index in [1.807, 2.05) is 0 Å². The molecule has 14 heavy (non-hydrogen) atoms. The Labute approximate surface area is 87.9 Å². The molecule has 0 aliphatic heterocycles. The lowest BCUT2D eigenvalue weighted by atomic mass is 9.36. The summed E-state index contributed by atoms with van der Waals surface area (Å²) in [6.45, 7) is 0. The summed E-state index contributed by atoms with van der Waals surface area (Å²) in [4.78, 5) is 0. The monoisotopic (exact) mass is 189 g/mol. The third-order valence-electron chi connectivity index (χ3n) is 6.93. The van der Waals surface area contributed by atoms with E-state index in [0.717, 1.165) is 0 Å². The summed E-state index contributed by atoms with van der Waals surface area (Å²) >= 11 is 0. The molecule has 0 aromatic rings. The van der Waals surface area contributed by atoms with Crippen LogP contribution in [-0.2, 0) is 0 Å². The van der Waals surface area contributed by atoms with E-state index in [-0.39, 0.29) is 1.43 Å². The average molecular weight is 189 g/mol. The van der Waals surface area contributed by atoms with Gasteiger partial charge in [0.15, 0.2) is 0 Å². The largest absolute Gasteiger partial charge is 1.00 e. The summed E-state index contributed by atoms with van der Waals surface area (Å²) in [5, 5.41) is 0. The molecule has 76 valence electrons. The fourth-order valence-electron chi connectivity index (χ4n) is 6.89. The van der Waals surface area contributed by atoms with Gasteiger partial charge in [-0.3, -0.25) is 0 Å². The highest BCUT2D eigenvalue weighted by atomic mass is 14.7. The molecular formula is C14H21+. The van der Waals surface area contributed by atoms with Crippen molar-refractivity contribution in [1.82, 2.24) is 0 Å². The van der Waals surface area contributed by atoms with Crippen LogP contribution in [0.15, 0.2) is 0 Å². The minimum atomic E-state index is 0. The summed E-state index contributed by atoms with van der Waals surface area (Å²) in [5.74, 6) is 9.74. The molecule has 7 fully saturated rings. The van der Waals surface area contributed by atoms with Crippen LogP contribution in [0.25, 0.3) is 0 Å². The van der Waals surface area contributed by atoms with E-state index < -0.39 is 0 Å². The molecule has 0 nitrogen and oxygen atoms in total. The second-order valence-corrected chi connectivity index (χ2v) is 7.13. The van der Waals surface area contributed by atoms with Gasteiger partial charge < -0.3 is 0 Å². The molecule has 0 radical (unpaired) electrons. The summed E-state index contributed by atoms with van der Waals surface area (Å²) < 4.78 is 0.